The van der Waals surface area contributed by atoms with Crippen molar-refractivity contribution in [2.75, 3.05) is 11.4 Å². The SMILES string of the molecule is ClCc1cc(N2CCC3CCCCC32)c2ccccc2n1. The van der Waals surface area contributed by atoms with E-state index in [1.807, 2.05) is 0 Å². The first-order valence-corrected chi connectivity index (χ1v) is 8.61. The van der Waals surface area contributed by atoms with Crippen molar-refractivity contribution >= 4 is 28.2 Å². The molecule has 0 bridgehead atoms. The van der Waals surface area contributed by atoms with E-state index < -0.39 is 0 Å². The number of anilines is 1. The first kappa shape index (κ1) is 13.4. The summed E-state index contributed by atoms with van der Waals surface area (Å²) in [7, 11) is 0. The Labute approximate surface area is 131 Å². The summed E-state index contributed by atoms with van der Waals surface area (Å²) >= 11 is 6.06. The molecule has 2 fully saturated rings. The second kappa shape index (κ2) is 5.49. The van der Waals surface area contributed by atoms with Gasteiger partial charge in [-0.3, -0.25) is 4.98 Å². The number of hydrogen-bond acceptors (Lipinski definition) is 2. The van der Waals surface area contributed by atoms with Crippen LogP contribution in [0.1, 0.15) is 37.8 Å². The molecule has 1 aliphatic carbocycles. The smallest absolute Gasteiger partial charge is 0.0726 e. The summed E-state index contributed by atoms with van der Waals surface area (Å²) in [6.07, 6.45) is 6.89. The molecule has 2 nitrogen and oxygen atoms in total. The number of hydrogen-bond donors (Lipinski definition) is 0. The normalized spacial score (nSPS) is 25.3. The number of pyridine rings is 1. The minimum Gasteiger partial charge on any atom is -0.368 e. The van der Waals surface area contributed by atoms with Crippen LogP contribution >= 0.6 is 11.6 Å². The third-order valence-electron chi connectivity index (χ3n) is 5.20. The molecule has 1 aromatic carbocycles. The molecule has 0 spiro atoms. The van der Waals surface area contributed by atoms with Gasteiger partial charge in [0.1, 0.15) is 0 Å². The van der Waals surface area contributed by atoms with Crippen molar-refractivity contribution < 1.29 is 0 Å². The molecule has 2 aliphatic rings. The molecule has 2 atom stereocenters. The van der Waals surface area contributed by atoms with Crippen molar-refractivity contribution in [2.24, 2.45) is 5.92 Å². The highest BCUT2D eigenvalue weighted by Gasteiger charge is 2.36. The topological polar surface area (TPSA) is 16.1 Å². The lowest BCUT2D eigenvalue weighted by molar-refractivity contribution is 0.342. The molecule has 1 saturated carbocycles. The maximum Gasteiger partial charge on any atom is 0.0726 e. The summed E-state index contributed by atoms with van der Waals surface area (Å²) in [5.74, 6) is 1.38. The van der Waals surface area contributed by atoms with Gasteiger partial charge < -0.3 is 4.90 Å². The van der Waals surface area contributed by atoms with Crippen LogP contribution in [-0.4, -0.2) is 17.6 Å². The van der Waals surface area contributed by atoms with E-state index in [0.29, 0.717) is 5.88 Å². The Kier molecular flexibility index (Phi) is 3.50. The van der Waals surface area contributed by atoms with Gasteiger partial charge in [0.05, 0.1) is 17.1 Å². The van der Waals surface area contributed by atoms with Crippen LogP contribution in [0.3, 0.4) is 0 Å². The Morgan fingerprint density at radius 1 is 1.14 bits per heavy atom. The quantitative estimate of drug-likeness (QED) is 0.745. The van der Waals surface area contributed by atoms with Gasteiger partial charge in [0.2, 0.25) is 0 Å². The number of halogens is 1. The van der Waals surface area contributed by atoms with Gasteiger partial charge in [-0.05, 0) is 37.3 Å². The van der Waals surface area contributed by atoms with Gasteiger partial charge in [0.25, 0.3) is 0 Å². The average molecular weight is 301 g/mol. The van der Waals surface area contributed by atoms with Gasteiger partial charge in [-0.25, -0.2) is 0 Å². The van der Waals surface area contributed by atoms with Gasteiger partial charge in [-0.15, -0.1) is 11.6 Å². The van der Waals surface area contributed by atoms with E-state index in [1.54, 1.807) is 0 Å². The molecule has 0 N–H and O–H groups in total. The molecule has 1 aliphatic heterocycles. The molecule has 3 heteroatoms. The summed E-state index contributed by atoms with van der Waals surface area (Å²) in [5, 5.41) is 1.28. The third kappa shape index (κ3) is 2.30. The van der Waals surface area contributed by atoms with Crippen LogP contribution in [0.15, 0.2) is 30.3 Å². The van der Waals surface area contributed by atoms with Crippen LogP contribution < -0.4 is 4.90 Å². The second-order valence-electron chi connectivity index (χ2n) is 6.38. The first-order valence-electron chi connectivity index (χ1n) is 8.08. The van der Waals surface area contributed by atoms with Crippen LogP contribution in [0.2, 0.25) is 0 Å². The Hall–Kier alpha value is -1.28. The molecule has 2 heterocycles. The predicted octanol–water partition coefficient (Wildman–Crippen LogP) is 4.74. The summed E-state index contributed by atoms with van der Waals surface area (Å²) < 4.78 is 0. The standard InChI is InChI=1S/C18H21ClN2/c19-12-14-11-18(15-6-2-3-7-16(15)20-14)21-10-9-13-5-1-4-8-17(13)21/h2-3,6-7,11,13,17H,1,4-5,8-10,12H2. The minimum atomic E-state index is 0.486. The molecule has 0 amide bonds. The van der Waals surface area contributed by atoms with E-state index in [0.717, 1.165) is 23.2 Å². The number of fused-ring (bicyclic) bond motifs is 2. The number of nitrogens with zero attached hydrogens (tertiary/aromatic N) is 2. The molecule has 21 heavy (non-hydrogen) atoms. The van der Waals surface area contributed by atoms with Crippen molar-refractivity contribution in [3.8, 4) is 0 Å². The summed E-state index contributed by atoms with van der Waals surface area (Å²) in [5.41, 5.74) is 3.42. The Morgan fingerprint density at radius 2 is 2.00 bits per heavy atom. The zero-order valence-electron chi connectivity index (χ0n) is 12.3. The fourth-order valence-electron chi connectivity index (χ4n) is 4.22. The highest BCUT2D eigenvalue weighted by molar-refractivity contribution is 6.17. The van der Waals surface area contributed by atoms with Crippen molar-refractivity contribution in [3.05, 3.63) is 36.0 Å². The first-order chi connectivity index (χ1) is 10.4. The van der Waals surface area contributed by atoms with Crippen LogP contribution in [0.4, 0.5) is 5.69 Å². The number of aromatic nitrogens is 1. The summed E-state index contributed by atoms with van der Waals surface area (Å²) in [6, 6.07) is 11.4. The lowest BCUT2D eigenvalue weighted by Gasteiger charge is -2.34. The molecule has 110 valence electrons. The largest absolute Gasteiger partial charge is 0.368 e. The predicted molar refractivity (Wildman–Crippen MR) is 89.0 cm³/mol. The Morgan fingerprint density at radius 3 is 2.90 bits per heavy atom. The highest BCUT2D eigenvalue weighted by Crippen LogP contribution is 2.41. The lowest BCUT2D eigenvalue weighted by Crippen LogP contribution is -2.34. The zero-order chi connectivity index (χ0) is 14.2. The van der Waals surface area contributed by atoms with E-state index in [4.69, 9.17) is 11.6 Å². The number of alkyl halides is 1. The lowest BCUT2D eigenvalue weighted by atomic mass is 9.85. The number of rotatable bonds is 2. The van der Waals surface area contributed by atoms with Crippen LogP contribution in [0, 0.1) is 5.92 Å². The fraction of sp³-hybridized carbons (Fsp3) is 0.500. The van der Waals surface area contributed by atoms with Gasteiger partial charge in [0, 0.05) is 23.7 Å². The summed E-state index contributed by atoms with van der Waals surface area (Å²) in [6.45, 7) is 1.19. The molecule has 2 unspecified atom stereocenters. The minimum absolute atomic E-state index is 0.486. The average Bonchev–Trinajstić information content (AvgIpc) is 2.97. The van der Waals surface area contributed by atoms with Crippen LogP contribution in [0.5, 0.6) is 0 Å². The van der Waals surface area contributed by atoms with E-state index in [-0.39, 0.29) is 0 Å². The molecule has 0 radical (unpaired) electrons. The van der Waals surface area contributed by atoms with E-state index >= 15 is 0 Å². The van der Waals surface area contributed by atoms with Crippen molar-refractivity contribution in [2.45, 2.75) is 44.0 Å². The van der Waals surface area contributed by atoms with Crippen LogP contribution in [0.25, 0.3) is 10.9 Å². The van der Waals surface area contributed by atoms with Crippen molar-refractivity contribution in [3.63, 3.8) is 0 Å². The fourth-order valence-corrected chi connectivity index (χ4v) is 4.36. The van der Waals surface area contributed by atoms with Gasteiger partial charge >= 0.3 is 0 Å². The van der Waals surface area contributed by atoms with Crippen molar-refractivity contribution in [1.82, 2.24) is 4.98 Å². The van der Waals surface area contributed by atoms with Gasteiger partial charge in [-0.2, -0.15) is 0 Å². The van der Waals surface area contributed by atoms with Gasteiger partial charge in [-0.1, -0.05) is 31.0 Å². The zero-order valence-corrected chi connectivity index (χ0v) is 13.0. The van der Waals surface area contributed by atoms with Crippen molar-refractivity contribution in [1.29, 1.82) is 0 Å². The Balaban J connectivity index is 1.81. The monoisotopic (exact) mass is 300 g/mol. The maximum absolute atomic E-state index is 6.06. The maximum atomic E-state index is 6.06. The summed E-state index contributed by atoms with van der Waals surface area (Å²) in [4.78, 5) is 7.31. The second-order valence-corrected chi connectivity index (χ2v) is 6.64. The Bertz CT molecular complexity index is 655. The van der Waals surface area contributed by atoms with Gasteiger partial charge in [0.15, 0.2) is 0 Å². The third-order valence-corrected chi connectivity index (χ3v) is 5.48. The molecule has 1 saturated heterocycles. The molecule has 2 aromatic rings. The van der Waals surface area contributed by atoms with E-state index in [1.165, 1.54) is 49.7 Å². The highest BCUT2D eigenvalue weighted by atomic mass is 35.5. The molecular formula is C18H21ClN2. The molecular weight excluding hydrogens is 280 g/mol. The van der Waals surface area contributed by atoms with E-state index in [9.17, 15) is 0 Å². The molecule has 1 aromatic heterocycles. The number of para-hydroxylation sites is 1. The number of benzene rings is 1. The van der Waals surface area contributed by atoms with E-state index in [2.05, 4.69) is 40.2 Å². The molecule has 4 rings (SSSR count). The van der Waals surface area contributed by atoms with Crippen LogP contribution in [-0.2, 0) is 5.88 Å².